The smallest absolute Gasteiger partial charge is 0.176 e. The summed E-state index contributed by atoms with van der Waals surface area (Å²) in [5, 5.41) is 0. The maximum atomic E-state index is 6.03. The minimum atomic E-state index is -0.694. The van der Waals surface area contributed by atoms with Crippen LogP contribution in [0.15, 0.2) is 4.99 Å². The second-order valence-electron chi connectivity index (χ2n) is 3.00. The van der Waals surface area contributed by atoms with Gasteiger partial charge >= 0.3 is 0 Å². The summed E-state index contributed by atoms with van der Waals surface area (Å²) < 4.78 is -0.694. The van der Waals surface area contributed by atoms with Crippen molar-refractivity contribution in [2.24, 2.45) is 4.99 Å². The summed E-state index contributed by atoms with van der Waals surface area (Å²) in [7, 11) is 0. The Morgan fingerprint density at radius 2 is 2.18 bits per heavy atom. The van der Waals surface area contributed by atoms with Crippen LogP contribution in [0.1, 0.15) is 12.8 Å². The Bertz CT molecular complexity index is 201. The Morgan fingerprint density at radius 3 is 2.91 bits per heavy atom. The van der Waals surface area contributed by atoms with Crippen molar-refractivity contribution in [2.45, 2.75) is 17.2 Å². The van der Waals surface area contributed by atoms with Crippen molar-refractivity contribution in [1.82, 2.24) is 4.90 Å². The van der Waals surface area contributed by atoms with Gasteiger partial charge in [0.1, 0.15) is 5.84 Å². The lowest BCUT2D eigenvalue weighted by Gasteiger charge is -2.25. The molecule has 0 aromatic carbocycles. The van der Waals surface area contributed by atoms with E-state index < -0.39 is 4.33 Å². The van der Waals surface area contributed by atoms with Gasteiger partial charge in [0, 0.05) is 26.1 Å². The quantitative estimate of drug-likeness (QED) is 0.534. The van der Waals surface area contributed by atoms with Crippen molar-refractivity contribution < 1.29 is 0 Å². The number of fused-ring (bicyclic) bond motifs is 1. The third kappa shape index (κ3) is 1.23. The molecule has 0 radical (unpaired) electrons. The van der Waals surface area contributed by atoms with E-state index in [2.05, 4.69) is 9.89 Å². The first-order chi connectivity index (χ1) is 5.20. The molecule has 0 bridgehead atoms. The van der Waals surface area contributed by atoms with Crippen LogP contribution >= 0.6 is 23.2 Å². The van der Waals surface area contributed by atoms with Crippen LogP contribution in [-0.4, -0.2) is 34.7 Å². The van der Waals surface area contributed by atoms with Crippen LogP contribution < -0.4 is 0 Å². The molecule has 2 aliphatic heterocycles. The summed E-state index contributed by atoms with van der Waals surface area (Å²) in [6.07, 6.45) is 1.95. The van der Waals surface area contributed by atoms with E-state index in [4.69, 9.17) is 23.2 Å². The van der Waals surface area contributed by atoms with E-state index in [9.17, 15) is 0 Å². The van der Waals surface area contributed by atoms with E-state index in [1.165, 1.54) is 0 Å². The zero-order valence-corrected chi connectivity index (χ0v) is 7.70. The Hall–Kier alpha value is 0.0500. The molecule has 0 aliphatic carbocycles. The second kappa shape index (κ2) is 2.53. The van der Waals surface area contributed by atoms with E-state index >= 15 is 0 Å². The van der Waals surface area contributed by atoms with E-state index in [-0.39, 0.29) is 0 Å². The molecule has 2 aliphatic rings. The molecule has 0 aromatic heterocycles. The van der Waals surface area contributed by atoms with Crippen LogP contribution in [-0.2, 0) is 0 Å². The van der Waals surface area contributed by atoms with E-state index in [1.54, 1.807) is 0 Å². The van der Waals surface area contributed by atoms with Gasteiger partial charge in [0.25, 0.3) is 0 Å². The number of rotatable bonds is 0. The molecule has 0 amide bonds. The molecule has 1 saturated heterocycles. The Labute approximate surface area is 76.2 Å². The third-order valence-corrected chi connectivity index (χ3v) is 2.89. The van der Waals surface area contributed by atoms with Crippen molar-refractivity contribution in [3.8, 4) is 0 Å². The van der Waals surface area contributed by atoms with Gasteiger partial charge in [-0.2, -0.15) is 0 Å². The summed E-state index contributed by atoms with van der Waals surface area (Å²) in [5.74, 6) is 0.895. The van der Waals surface area contributed by atoms with Crippen molar-refractivity contribution in [3.63, 3.8) is 0 Å². The number of alkyl halides is 2. The Kier molecular flexibility index (Phi) is 1.77. The fourth-order valence-electron chi connectivity index (χ4n) is 1.60. The number of hydrogen-bond acceptors (Lipinski definition) is 2. The zero-order chi connectivity index (χ0) is 7.90. The van der Waals surface area contributed by atoms with Gasteiger partial charge in [0.05, 0.1) is 0 Å². The molecule has 62 valence electrons. The maximum absolute atomic E-state index is 6.03. The average molecular weight is 193 g/mol. The number of amidine groups is 1. The molecular formula is C7H10Cl2N2. The fourth-order valence-corrected chi connectivity index (χ4v) is 2.13. The van der Waals surface area contributed by atoms with Crippen LogP contribution in [0.3, 0.4) is 0 Å². The zero-order valence-electron chi connectivity index (χ0n) is 6.19. The van der Waals surface area contributed by atoms with E-state index in [1.807, 2.05) is 0 Å². The van der Waals surface area contributed by atoms with Gasteiger partial charge in [-0.05, 0) is 6.42 Å². The molecule has 2 rings (SSSR count). The number of hydrogen-bond donors (Lipinski definition) is 0. The third-order valence-electron chi connectivity index (χ3n) is 2.17. The molecule has 0 aromatic rings. The van der Waals surface area contributed by atoms with Gasteiger partial charge in [-0.15, -0.1) is 0 Å². The second-order valence-corrected chi connectivity index (χ2v) is 4.48. The molecule has 0 N–H and O–H groups in total. The first-order valence-corrected chi connectivity index (χ1v) is 4.63. The van der Waals surface area contributed by atoms with E-state index in [0.717, 1.165) is 38.3 Å². The van der Waals surface area contributed by atoms with Gasteiger partial charge in [-0.3, -0.25) is 4.99 Å². The monoisotopic (exact) mass is 192 g/mol. The normalized spacial score (nSPS) is 28.2. The Balaban J connectivity index is 2.27. The van der Waals surface area contributed by atoms with Crippen LogP contribution in [0.25, 0.3) is 0 Å². The average Bonchev–Trinajstić information content (AvgIpc) is 2.29. The molecule has 2 nitrogen and oxygen atoms in total. The summed E-state index contributed by atoms with van der Waals surface area (Å²) >= 11 is 12.1. The summed E-state index contributed by atoms with van der Waals surface area (Å²) in [4.78, 5) is 6.51. The lowest BCUT2D eigenvalue weighted by molar-refractivity contribution is 0.427. The minimum Gasteiger partial charge on any atom is -0.358 e. The first kappa shape index (κ1) is 7.69. The Morgan fingerprint density at radius 1 is 1.36 bits per heavy atom. The summed E-state index contributed by atoms with van der Waals surface area (Å²) in [6, 6.07) is 0. The largest absolute Gasteiger partial charge is 0.358 e. The number of aliphatic imine (C=N–C) groups is 1. The van der Waals surface area contributed by atoms with Crippen molar-refractivity contribution >= 4 is 29.0 Å². The highest BCUT2D eigenvalue weighted by Gasteiger charge is 2.41. The number of halogens is 2. The summed E-state index contributed by atoms with van der Waals surface area (Å²) in [5.41, 5.74) is 0. The molecule has 1 fully saturated rings. The molecule has 2 heterocycles. The lowest BCUT2D eigenvalue weighted by atomic mass is 10.3. The fraction of sp³-hybridized carbons (Fsp3) is 0.857. The highest BCUT2D eigenvalue weighted by molar-refractivity contribution is 6.59. The SMILES string of the molecule is ClC1(Cl)CCN2CCCN=C21. The highest BCUT2D eigenvalue weighted by atomic mass is 35.5. The van der Waals surface area contributed by atoms with Crippen LogP contribution in [0.5, 0.6) is 0 Å². The van der Waals surface area contributed by atoms with E-state index in [0.29, 0.717) is 0 Å². The van der Waals surface area contributed by atoms with Crippen LogP contribution in [0.4, 0.5) is 0 Å². The molecule has 0 saturated carbocycles. The van der Waals surface area contributed by atoms with Crippen molar-refractivity contribution in [3.05, 3.63) is 0 Å². The first-order valence-electron chi connectivity index (χ1n) is 3.88. The molecule has 4 heteroatoms. The molecule has 0 spiro atoms. The predicted octanol–water partition coefficient (Wildman–Crippen LogP) is 1.67. The highest BCUT2D eigenvalue weighted by Crippen LogP contribution is 2.35. The van der Waals surface area contributed by atoms with Crippen molar-refractivity contribution in [1.29, 1.82) is 0 Å². The van der Waals surface area contributed by atoms with Gasteiger partial charge in [-0.1, -0.05) is 23.2 Å². The lowest BCUT2D eigenvalue weighted by Crippen LogP contribution is -2.36. The number of nitrogens with zero attached hydrogens (tertiary/aromatic N) is 2. The van der Waals surface area contributed by atoms with Crippen LogP contribution in [0.2, 0.25) is 0 Å². The molecule has 11 heavy (non-hydrogen) atoms. The van der Waals surface area contributed by atoms with Gasteiger partial charge in [-0.25, -0.2) is 0 Å². The topological polar surface area (TPSA) is 15.6 Å². The minimum absolute atomic E-state index is 0.694. The summed E-state index contributed by atoms with van der Waals surface area (Å²) in [6.45, 7) is 2.92. The molecule has 0 unspecified atom stereocenters. The van der Waals surface area contributed by atoms with Crippen LogP contribution in [0, 0.1) is 0 Å². The van der Waals surface area contributed by atoms with Gasteiger partial charge in [0.2, 0.25) is 0 Å². The standard InChI is InChI=1S/C7H10Cl2N2/c8-7(9)2-5-11-4-1-3-10-6(7)11/h1-5H2. The van der Waals surface area contributed by atoms with Crippen molar-refractivity contribution in [2.75, 3.05) is 19.6 Å². The molecular weight excluding hydrogens is 183 g/mol. The molecule has 0 atom stereocenters. The predicted molar refractivity (Wildman–Crippen MR) is 47.5 cm³/mol. The van der Waals surface area contributed by atoms with Gasteiger partial charge in [0.15, 0.2) is 4.33 Å². The van der Waals surface area contributed by atoms with Gasteiger partial charge < -0.3 is 4.90 Å². The maximum Gasteiger partial charge on any atom is 0.176 e.